The fraction of sp³-hybridized carbons (Fsp3) is 0.158. The molecule has 122 valence electrons. The molecule has 3 rings (SSSR count). The van der Waals surface area contributed by atoms with E-state index in [1.54, 1.807) is 18.2 Å². The fourth-order valence-corrected chi connectivity index (χ4v) is 2.40. The molecule has 0 atom stereocenters. The number of amides is 1. The van der Waals surface area contributed by atoms with E-state index in [0.29, 0.717) is 17.9 Å². The Hall–Kier alpha value is -2.95. The minimum Gasteiger partial charge on any atom is -0.356 e. The summed E-state index contributed by atoms with van der Waals surface area (Å²) < 4.78 is 18.2. The summed E-state index contributed by atoms with van der Waals surface area (Å²) in [5, 5.41) is 6.74. The lowest BCUT2D eigenvalue weighted by atomic mass is 10.1. The normalized spacial score (nSPS) is 10.6. The summed E-state index contributed by atoms with van der Waals surface area (Å²) in [6.07, 6.45) is 0.324. The molecule has 0 unspecified atom stereocenters. The highest BCUT2D eigenvalue weighted by Gasteiger charge is 2.09. The largest absolute Gasteiger partial charge is 0.356 e. The molecule has 3 aromatic rings. The second-order valence-electron chi connectivity index (χ2n) is 5.63. The molecule has 4 nitrogen and oxygen atoms in total. The summed E-state index contributed by atoms with van der Waals surface area (Å²) in [6.45, 7) is 2.28. The predicted octanol–water partition coefficient (Wildman–Crippen LogP) is 3.65. The SMILES string of the molecule is Cc1cccc(CC(=O)NCc2cc(-c3ccc(F)cc3)on2)c1. The highest BCUT2D eigenvalue weighted by Crippen LogP contribution is 2.20. The maximum absolute atomic E-state index is 12.9. The van der Waals surface area contributed by atoms with Crippen molar-refractivity contribution in [3.05, 3.63) is 77.2 Å². The summed E-state index contributed by atoms with van der Waals surface area (Å²) in [5.41, 5.74) is 3.45. The molecule has 0 saturated heterocycles. The van der Waals surface area contributed by atoms with Gasteiger partial charge in [0.2, 0.25) is 5.91 Å². The van der Waals surface area contributed by atoms with Gasteiger partial charge in [-0.15, -0.1) is 0 Å². The molecular formula is C19H17FN2O2. The summed E-state index contributed by atoms with van der Waals surface area (Å²) >= 11 is 0. The molecule has 2 aromatic carbocycles. The maximum atomic E-state index is 12.9. The Bertz CT molecular complexity index is 841. The average Bonchev–Trinajstić information content (AvgIpc) is 3.03. The van der Waals surface area contributed by atoms with Crippen LogP contribution in [0.25, 0.3) is 11.3 Å². The van der Waals surface area contributed by atoms with Crippen LogP contribution in [0.1, 0.15) is 16.8 Å². The number of carbonyl (C=O) groups is 1. The minimum absolute atomic E-state index is 0.0769. The second-order valence-corrected chi connectivity index (χ2v) is 5.63. The Morgan fingerprint density at radius 2 is 1.96 bits per heavy atom. The monoisotopic (exact) mass is 324 g/mol. The number of nitrogens with one attached hydrogen (secondary N) is 1. The van der Waals surface area contributed by atoms with Crippen LogP contribution in [0.4, 0.5) is 4.39 Å². The topological polar surface area (TPSA) is 55.1 Å². The number of benzene rings is 2. The number of hydrogen-bond donors (Lipinski definition) is 1. The van der Waals surface area contributed by atoms with Crippen LogP contribution in [0.2, 0.25) is 0 Å². The van der Waals surface area contributed by atoms with Gasteiger partial charge in [-0.25, -0.2) is 4.39 Å². The van der Waals surface area contributed by atoms with Crippen LogP contribution >= 0.6 is 0 Å². The first-order chi connectivity index (χ1) is 11.6. The molecule has 0 fully saturated rings. The number of nitrogens with zero attached hydrogens (tertiary/aromatic N) is 1. The first-order valence-corrected chi connectivity index (χ1v) is 7.64. The van der Waals surface area contributed by atoms with E-state index in [9.17, 15) is 9.18 Å². The van der Waals surface area contributed by atoms with Gasteiger partial charge < -0.3 is 9.84 Å². The van der Waals surface area contributed by atoms with Gasteiger partial charge in [-0.1, -0.05) is 35.0 Å². The van der Waals surface area contributed by atoms with Crippen molar-refractivity contribution in [2.45, 2.75) is 19.9 Å². The smallest absolute Gasteiger partial charge is 0.224 e. The first kappa shape index (κ1) is 15.9. The summed E-state index contributed by atoms with van der Waals surface area (Å²) in [6, 6.07) is 15.5. The lowest BCUT2D eigenvalue weighted by molar-refractivity contribution is -0.120. The average molecular weight is 324 g/mol. The van der Waals surface area contributed by atoms with E-state index < -0.39 is 0 Å². The van der Waals surface area contributed by atoms with Crippen molar-refractivity contribution in [1.29, 1.82) is 0 Å². The molecule has 1 heterocycles. The van der Waals surface area contributed by atoms with Crippen LogP contribution in [0, 0.1) is 12.7 Å². The third kappa shape index (κ3) is 4.07. The third-order valence-electron chi connectivity index (χ3n) is 3.60. The Kier molecular flexibility index (Phi) is 4.70. The Labute approximate surface area is 139 Å². The van der Waals surface area contributed by atoms with Crippen molar-refractivity contribution in [2.24, 2.45) is 0 Å². The van der Waals surface area contributed by atoms with Crippen molar-refractivity contribution >= 4 is 5.91 Å². The van der Waals surface area contributed by atoms with Crippen LogP contribution < -0.4 is 5.32 Å². The Morgan fingerprint density at radius 1 is 1.17 bits per heavy atom. The first-order valence-electron chi connectivity index (χ1n) is 7.64. The molecule has 5 heteroatoms. The number of aromatic nitrogens is 1. The Morgan fingerprint density at radius 3 is 2.71 bits per heavy atom. The summed E-state index contributed by atoms with van der Waals surface area (Å²) in [7, 11) is 0. The van der Waals surface area contributed by atoms with Gasteiger partial charge in [0.15, 0.2) is 5.76 Å². The fourth-order valence-electron chi connectivity index (χ4n) is 2.40. The standard InChI is InChI=1S/C19H17FN2O2/c1-13-3-2-4-14(9-13)10-19(23)21-12-17-11-18(24-22-17)15-5-7-16(20)8-6-15/h2-9,11H,10,12H2,1H3,(H,21,23). The van der Waals surface area contributed by atoms with Crippen LogP contribution in [0.15, 0.2) is 59.1 Å². The number of aryl methyl sites for hydroxylation is 1. The van der Waals surface area contributed by atoms with Crippen molar-refractivity contribution in [3.8, 4) is 11.3 Å². The molecule has 0 radical (unpaired) electrons. The van der Waals surface area contributed by atoms with E-state index in [0.717, 1.165) is 16.7 Å². The maximum Gasteiger partial charge on any atom is 0.224 e. The zero-order chi connectivity index (χ0) is 16.9. The molecule has 0 aliphatic carbocycles. The van der Waals surface area contributed by atoms with Gasteiger partial charge in [0.1, 0.15) is 11.5 Å². The molecule has 0 bridgehead atoms. The second kappa shape index (κ2) is 7.08. The van der Waals surface area contributed by atoms with Crippen molar-refractivity contribution in [3.63, 3.8) is 0 Å². The zero-order valence-corrected chi connectivity index (χ0v) is 13.3. The van der Waals surface area contributed by atoms with Crippen molar-refractivity contribution in [2.75, 3.05) is 0 Å². The highest BCUT2D eigenvalue weighted by molar-refractivity contribution is 5.78. The van der Waals surface area contributed by atoms with Gasteiger partial charge in [-0.3, -0.25) is 4.79 Å². The van der Waals surface area contributed by atoms with Gasteiger partial charge in [-0.05, 0) is 36.8 Å². The molecular weight excluding hydrogens is 307 g/mol. The lowest BCUT2D eigenvalue weighted by Gasteiger charge is -2.04. The lowest BCUT2D eigenvalue weighted by Crippen LogP contribution is -2.24. The quantitative estimate of drug-likeness (QED) is 0.779. The van der Waals surface area contributed by atoms with Gasteiger partial charge in [0, 0.05) is 11.6 Å². The van der Waals surface area contributed by atoms with Gasteiger partial charge in [0.25, 0.3) is 0 Å². The van der Waals surface area contributed by atoms with E-state index in [4.69, 9.17) is 4.52 Å². The van der Waals surface area contributed by atoms with E-state index in [1.165, 1.54) is 12.1 Å². The molecule has 0 saturated carbocycles. The Balaban J connectivity index is 1.57. The number of halogens is 1. The molecule has 0 spiro atoms. The molecule has 1 N–H and O–H groups in total. The molecule has 24 heavy (non-hydrogen) atoms. The van der Waals surface area contributed by atoms with Crippen LogP contribution in [-0.4, -0.2) is 11.1 Å². The molecule has 1 aromatic heterocycles. The van der Waals surface area contributed by atoms with Gasteiger partial charge in [0.05, 0.1) is 13.0 Å². The van der Waals surface area contributed by atoms with E-state index in [-0.39, 0.29) is 18.3 Å². The molecule has 0 aliphatic heterocycles. The molecule has 0 aliphatic rings. The molecule has 1 amide bonds. The van der Waals surface area contributed by atoms with Crippen LogP contribution in [0.5, 0.6) is 0 Å². The van der Waals surface area contributed by atoms with E-state index in [2.05, 4.69) is 10.5 Å². The number of rotatable bonds is 5. The highest BCUT2D eigenvalue weighted by atomic mass is 19.1. The van der Waals surface area contributed by atoms with Crippen LogP contribution in [-0.2, 0) is 17.8 Å². The number of carbonyl (C=O) groups excluding carboxylic acids is 1. The number of hydrogen-bond acceptors (Lipinski definition) is 3. The van der Waals surface area contributed by atoms with Gasteiger partial charge in [-0.2, -0.15) is 0 Å². The van der Waals surface area contributed by atoms with Crippen molar-refractivity contribution < 1.29 is 13.7 Å². The van der Waals surface area contributed by atoms with Gasteiger partial charge >= 0.3 is 0 Å². The minimum atomic E-state index is -0.304. The van der Waals surface area contributed by atoms with Crippen molar-refractivity contribution in [1.82, 2.24) is 10.5 Å². The summed E-state index contributed by atoms with van der Waals surface area (Å²) in [4.78, 5) is 12.0. The van der Waals surface area contributed by atoms with E-state index >= 15 is 0 Å². The predicted molar refractivity (Wildman–Crippen MR) is 88.6 cm³/mol. The summed E-state index contributed by atoms with van der Waals surface area (Å²) in [5.74, 6) is 0.159. The van der Waals surface area contributed by atoms with E-state index in [1.807, 2.05) is 31.2 Å². The van der Waals surface area contributed by atoms with Crippen LogP contribution in [0.3, 0.4) is 0 Å². The zero-order valence-electron chi connectivity index (χ0n) is 13.3. The third-order valence-corrected chi connectivity index (χ3v) is 3.60.